The lowest BCUT2D eigenvalue weighted by atomic mass is 10.2. The molecule has 114 valence electrons. The molecule has 1 aromatic carbocycles. The maximum Gasteiger partial charge on any atom is 0.120 e. The van der Waals surface area contributed by atoms with E-state index in [9.17, 15) is 0 Å². The lowest BCUT2D eigenvalue weighted by molar-refractivity contribution is 0.220. The van der Waals surface area contributed by atoms with E-state index in [2.05, 4.69) is 35.7 Å². The monoisotopic (exact) mass is 287 g/mol. The van der Waals surface area contributed by atoms with Crippen LogP contribution in [0.5, 0.6) is 5.75 Å². The van der Waals surface area contributed by atoms with Crippen LogP contribution in [0.4, 0.5) is 0 Å². The Morgan fingerprint density at radius 2 is 2.29 bits per heavy atom. The molecule has 0 bridgehead atoms. The summed E-state index contributed by atoms with van der Waals surface area (Å²) < 4.78 is 5.83. The van der Waals surface area contributed by atoms with Gasteiger partial charge in [-0.15, -0.1) is 0 Å². The van der Waals surface area contributed by atoms with Crippen LogP contribution >= 0.6 is 0 Å². The van der Waals surface area contributed by atoms with Gasteiger partial charge in [0, 0.05) is 24.7 Å². The molecular formula is C17H25N3O. The standard InChI is InChI=1S/C17H25N3O/c1-19(2)16-8-10-20(14-16)11-12-21-17-7-3-5-15(13-17)6-4-9-18/h3,5,7,13,16H,8-12,14,18H2,1-2H3. The van der Waals surface area contributed by atoms with Crippen molar-refractivity contribution in [1.29, 1.82) is 0 Å². The van der Waals surface area contributed by atoms with E-state index >= 15 is 0 Å². The van der Waals surface area contributed by atoms with E-state index in [4.69, 9.17) is 10.5 Å². The average molecular weight is 287 g/mol. The molecule has 0 radical (unpaired) electrons. The van der Waals surface area contributed by atoms with E-state index in [1.54, 1.807) is 0 Å². The number of ether oxygens (including phenoxy) is 1. The molecule has 4 nitrogen and oxygen atoms in total. The van der Waals surface area contributed by atoms with Crippen molar-refractivity contribution in [3.8, 4) is 17.6 Å². The molecule has 2 N–H and O–H groups in total. The number of rotatable bonds is 5. The van der Waals surface area contributed by atoms with E-state index < -0.39 is 0 Å². The molecule has 1 fully saturated rings. The lowest BCUT2D eigenvalue weighted by Gasteiger charge is -2.20. The van der Waals surface area contributed by atoms with Gasteiger partial charge in [-0.3, -0.25) is 4.90 Å². The summed E-state index contributed by atoms with van der Waals surface area (Å²) in [5, 5.41) is 0. The van der Waals surface area contributed by atoms with Crippen LogP contribution in [0.3, 0.4) is 0 Å². The van der Waals surface area contributed by atoms with Crippen LogP contribution in [-0.4, -0.2) is 62.7 Å². The molecule has 1 heterocycles. The first-order chi connectivity index (χ1) is 10.2. The minimum Gasteiger partial charge on any atom is -0.492 e. The van der Waals surface area contributed by atoms with Crippen molar-refractivity contribution in [2.45, 2.75) is 12.5 Å². The normalized spacial score (nSPS) is 18.6. The van der Waals surface area contributed by atoms with Gasteiger partial charge in [0.2, 0.25) is 0 Å². The van der Waals surface area contributed by atoms with E-state index in [1.165, 1.54) is 6.42 Å². The molecule has 1 unspecified atom stereocenters. The number of nitrogens with zero attached hydrogens (tertiary/aromatic N) is 2. The minimum absolute atomic E-state index is 0.382. The van der Waals surface area contributed by atoms with E-state index in [-0.39, 0.29) is 0 Å². The molecule has 0 saturated carbocycles. The molecule has 1 aromatic rings. The zero-order valence-corrected chi connectivity index (χ0v) is 13.0. The van der Waals surface area contributed by atoms with Gasteiger partial charge in [-0.05, 0) is 45.3 Å². The highest BCUT2D eigenvalue weighted by atomic mass is 16.5. The van der Waals surface area contributed by atoms with E-state index in [0.717, 1.165) is 30.9 Å². The van der Waals surface area contributed by atoms with Gasteiger partial charge < -0.3 is 15.4 Å². The van der Waals surface area contributed by atoms with E-state index in [0.29, 0.717) is 19.2 Å². The number of hydrogen-bond acceptors (Lipinski definition) is 4. The van der Waals surface area contributed by atoms with Gasteiger partial charge >= 0.3 is 0 Å². The molecule has 0 amide bonds. The molecule has 21 heavy (non-hydrogen) atoms. The molecule has 0 spiro atoms. The van der Waals surface area contributed by atoms with Gasteiger partial charge in [0.1, 0.15) is 12.4 Å². The molecule has 1 atom stereocenters. The fourth-order valence-electron chi connectivity index (χ4n) is 2.55. The van der Waals surface area contributed by atoms with Gasteiger partial charge in [-0.1, -0.05) is 17.9 Å². The zero-order chi connectivity index (χ0) is 15.1. The third-order valence-electron chi connectivity index (χ3n) is 3.82. The van der Waals surface area contributed by atoms with Gasteiger partial charge in [-0.25, -0.2) is 0 Å². The summed E-state index contributed by atoms with van der Waals surface area (Å²) in [6.07, 6.45) is 1.25. The lowest BCUT2D eigenvalue weighted by Crippen LogP contribution is -2.33. The Bertz CT molecular complexity index is 504. The Hall–Kier alpha value is -1.54. The van der Waals surface area contributed by atoms with Crippen molar-refractivity contribution < 1.29 is 4.74 Å². The number of hydrogen-bond donors (Lipinski definition) is 1. The van der Waals surface area contributed by atoms with Crippen molar-refractivity contribution >= 4 is 0 Å². The maximum atomic E-state index is 5.83. The van der Waals surface area contributed by atoms with Crippen LogP contribution in [0, 0.1) is 11.8 Å². The van der Waals surface area contributed by atoms with Gasteiger partial charge in [0.25, 0.3) is 0 Å². The molecule has 1 saturated heterocycles. The van der Waals surface area contributed by atoms with Crippen LogP contribution in [-0.2, 0) is 0 Å². The summed E-state index contributed by atoms with van der Waals surface area (Å²) in [7, 11) is 4.30. The molecule has 0 aromatic heterocycles. The molecule has 1 aliphatic rings. The number of likely N-dealkylation sites (tertiary alicyclic amines) is 1. The zero-order valence-electron chi connectivity index (χ0n) is 13.0. The number of nitrogens with two attached hydrogens (primary N) is 1. The topological polar surface area (TPSA) is 41.7 Å². The molecule has 2 rings (SSSR count). The quantitative estimate of drug-likeness (QED) is 0.821. The second-order valence-electron chi connectivity index (χ2n) is 5.59. The van der Waals surface area contributed by atoms with Crippen molar-refractivity contribution in [3.63, 3.8) is 0 Å². The Kier molecular flexibility index (Phi) is 6.06. The molecule has 4 heteroatoms. The van der Waals surface area contributed by atoms with Gasteiger partial charge in [0.15, 0.2) is 0 Å². The van der Waals surface area contributed by atoms with Gasteiger partial charge in [0.05, 0.1) is 6.54 Å². The number of likely N-dealkylation sites (N-methyl/N-ethyl adjacent to an activating group) is 1. The summed E-state index contributed by atoms with van der Waals surface area (Å²) in [6, 6.07) is 8.56. The van der Waals surface area contributed by atoms with Crippen LogP contribution in [0.2, 0.25) is 0 Å². The predicted octanol–water partition coefficient (Wildman–Crippen LogP) is 1.01. The Morgan fingerprint density at radius 3 is 3.00 bits per heavy atom. The predicted molar refractivity (Wildman–Crippen MR) is 86.4 cm³/mol. The summed E-state index contributed by atoms with van der Waals surface area (Å²) in [6.45, 7) is 4.37. The fourth-order valence-corrected chi connectivity index (χ4v) is 2.55. The van der Waals surface area contributed by atoms with Crippen molar-refractivity contribution in [2.24, 2.45) is 5.73 Å². The Balaban J connectivity index is 1.76. The Labute approximate surface area is 127 Å². The first kappa shape index (κ1) is 15.8. The minimum atomic E-state index is 0.382. The summed E-state index contributed by atoms with van der Waals surface area (Å²) in [5.41, 5.74) is 6.33. The van der Waals surface area contributed by atoms with E-state index in [1.807, 2.05) is 24.3 Å². The average Bonchev–Trinajstić information content (AvgIpc) is 2.95. The highest BCUT2D eigenvalue weighted by molar-refractivity contribution is 5.39. The second kappa shape index (κ2) is 8.04. The third-order valence-corrected chi connectivity index (χ3v) is 3.82. The summed E-state index contributed by atoms with van der Waals surface area (Å²) >= 11 is 0. The Morgan fingerprint density at radius 1 is 1.43 bits per heavy atom. The first-order valence-corrected chi connectivity index (χ1v) is 7.49. The van der Waals surface area contributed by atoms with Crippen LogP contribution < -0.4 is 10.5 Å². The fraction of sp³-hybridized carbons (Fsp3) is 0.529. The van der Waals surface area contributed by atoms with Crippen LogP contribution in [0.1, 0.15) is 12.0 Å². The smallest absolute Gasteiger partial charge is 0.120 e. The maximum absolute atomic E-state index is 5.83. The largest absolute Gasteiger partial charge is 0.492 e. The molecule has 0 aliphatic carbocycles. The van der Waals surface area contributed by atoms with Crippen LogP contribution in [0.15, 0.2) is 24.3 Å². The summed E-state index contributed by atoms with van der Waals surface area (Å²) in [5.74, 6) is 6.76. The molecular weight excluding hydrogens is 262 g/mol. The van der Waals surface area contributed by atoms with Crippen molar-refractivity contribution in [2.75, 3.05) is 46.9 Å². The van der Waals surface area contributed by atoms with Gasteiger partial charge in [-0.2, -0.15) is 0 Å². The highest BCUT2D eigenvalue weighted by Gasteiger charge is 2.23. The summed E-state index contributed by atoms with van der Waals surface area (Å²) in [4.78, 5) is 4.77. The second-order valence-corrected chi connectivity index (χ2v) is 5.59. The van der Waals surface area contributed by atoms with Crippen molar-refractivity contribution in [1.82, 2.24) is 9.80 Å². The SMILES string of the molecule is CN(C)C1CCN(CCOc2cccc(C#CCN)c2)C1. The first-order valence-electron chi connectivity index (χ1n) is 7.49. The third kappa shape index (κ3) is 5.05. The highest BCUT2D eigenvalue weighted by Crippen LogP contribution is 2.15. The van der Waals surface area contributed by atoms with Crippen LogP contribution in [0.25, 0.3) is 0 Å². The van der Waals surface area contributed by atoms with Crippen molar-refractivity contribution in [3.05, 3.63) is 29.8 Å². The molecule has 1 aliphatic heterocycles. The number of benzene rings is 1.